The quantitative estimate of drug-likeness (QED) is 0.804. The zero-order valence-corrected chi connectivity index (χ0v) is 9.86. The summed E-state index contributed by atoms with van der Waals surface area (Å²) in [4.78, 5) is 2.07. The molecule has 1 N–H and O–H groups in total. The molecular formula is C10H16ClN3O2. The maximum absolute atomic E-state index is 9.04. The molecule has 5 nitrogen and oxygen atoms in total. The normalized spacial score (nSPS) is 18.0. The Morgan fingerprint density at radius 1 is 1.38 bits per heavy atom. The minimum absolute atomic E-state index is 0.273. The second kappa shape index (κ2) is 5.50. The molecule has 2 heterocycles. The molecule has 0 amide bonds. The summed E-state index contributed by atoms with van der Waals surface area (Å²) in [5.41, 5.74) is 0. The van der Waals surface area contributed by atoms with E-state index in [0.717, 1.165) is 25.9 Å². The standard InChI is InChI=1S/C10H16ClN3O2/c11-4-1-9-12-13-10(16-9)14-5-2-8(7-15)3-6-14/h8,15H,1-7H2. The Morgan fingerprint density at radius 3 is 2.75 bits per heavy atom. The molecule has 1 saturated heterocycles. The number of aromatic nitrogens is 2. The summed E-state index contributed by atoms with van der Waals surface area (Å²) in [7, 11) is 0. The molecule has 16 heavy (non-hydrogen) atoms. The zero-order valence-electron chi connectivity index (χ0n) is 9.10. The van der Waals surface area contributed by atoms with Crippen molar-refractivity contribution >= 4 is 17.6 Å². The maximum Gasteiger partial charge on any atom is 0.318 e. The molecule has 0 spiro atoms. The van der Waals surface area contributed by atoms with E-state index in [-0.39, 0.29) is 6.61 Å². The molecule has 1 aromatic heterocycles. The number of nitrogens with zero attached hydrogens (tertiary/aromatic N) is 3. The fourth-order valence-corrected chi connectivity index (χ4v) is 2.02. The number of hydrogen-bond acceptors (Lipinski definition) is 5. The van der Waals surface area contributed by atoms with Crippen molar-refractivity contribution in [3.05, 3.63) is 5.89 Å². The summed E-state index contributed by atoms with van der Waals surface area (Å²) in [5.74, 6) is 1.50. The van der Waals surface area contributed by atoms with Gasteiger partial charge in [0.05, 0.1) is 0 Å². The Balaban J connectivity index is 1.92. The van der Waals surface area contributed by atoms with Crippen LogP contribution in [0.1, 0.15) is 18.7 Å². The molecule has 1 aliphatic heterocycles. The Kier molecular flexibility index (Phi) is 4.01. The average Bonchev–Trinajstić information content (AvgIpc) is 2.78. The fraction of sp³-hybridized carbons (Fsp3) is 0.800. The van der Waals surface area contributed by atoms with Crippen LogP contribution < -0.4 is 4.90 Å². The predicted octanol–water partition coefficient (Wildman–Crippen LogP) is 1.06. The average molecular weight is 246 g/mol. The number of aliphatic hydroxyl groups is 1. The number of hydrogen-bond donors (Lipinski definition) is 1. The lowest BCUT2D eigenvalue weighted by Crippen LogP contribution is -2.34. The van der Waals surface area contributed by atoms with Gasteiger partial charge in [0, 0.05) is 32.0 Å². The second-order valence-corrected chi connectivity index (χ2v) is 4.41. The van der Waals surface area contributed by atoms with Gasteiger partial charge in [-0.25, -0.2) is 0 Å². The lowest BCUT2D eigenvalue weighted by atomic mass is 9.98. The Morgan fingerprint density at radius 2 is 2.12 bits per heavy atom. The van der Waals surface area contributed by atoms with Crippen LogP contribution in [0.2, 0.25) is 0 Å². The van der Waals surface area contributed by atoms with E-state index in [4.69, 9.17) is 21.1 Å². The highest BCUT2D eigenvalue weighted by atomic mass is 35.5. The third-order valence-electron chi connectivity index (χ3n) is 2.91. The number of halogens is 1. The molecule has 0 aromatic carbocycles. The van der Waals surface area contributed by atoms with Crippen molar-refractivity contribution in [1.82, 2.24) is 10.2 Å². The van der Waals surface area contributed by atoms with Crippen molar-refractivity contribution in [2.45, 2.75) is 19.3 Å². The van der Waals surface area contributed by atoms with Crippen molar-refractivity contribution in [2.75, 3.05) is 30.5 Å². The van der Waals surface area contributed by atoms with Gasteiger partial charge >= 0.3 is 6.01 Å². The summed E-state index contributed by atoms with van der Waals surface area (Å²) < 4.78 is 5.49. The van der Waals surface area contributed by atoms with Gasteiger partial charge in [-0.1, -0.05) is 5.10 Å². The van der Waals surface area contributed by atoms with Crippen LogP contribution in [-0.2, 0) is 6.42 Å². The van der Waals surface area contributed by atoms with Gasteiger partial charge in [0.25, 0.3) is 0 Å². The van der Waals surface area contributed by atoms with Gasteiger partial charge in [-0.3, -0.25) is 0 Å². The van der Waals surface area contributed by atoms with Crippen LogP contribution in [0.5, 0.6) is 0 Å². The predicted molar refractivity (Wildman–Crippen MR) is 60.7 cm³/mol. The van der Waals surface area contributed by atoms with Crippen molar-refractivity contribution in [3.8, 4) is 0 Å². The highest BCUT2D eigenvalue weighted by molar-refractivity contribution is 6.17. The number of alkyl halides is 1. The van der Waals surface area contributed by atoms with Gasteiger partial charge < -0.3 is 14.4 Å². The third kappa shape index (κ3) is 2.65. The number of anilines is 1. The smallest absolute Gasteiger partial charge is 0.318 e. The van der Waals surface area contributed by atoms with E-state index in [0.29, 0.717) is 30.1 Å². The number of aryl methyl sites for hydroxylation is 1. The largest absolute Gasteiger partial charge is 0.408 e. The molecule has 6 heteroatoms. The Bertz CT molecular complexity index is 324. The molecule has 0 aliphatic carbocycles. The van der Waals surface area contributed by atoms with Crippen LogP contribution in [-0.4, -0.2) is 40.9 Å². The molecule has 2 rings (SSSR count). The Labute approximate surface area is 99.4 Å². The highest BCUT2D eigenvalue weighted by Gasteiger charge is 2.22. The van der Waals surface area contributed by atoms with Gasteiger partial charge in [0.1, 0.15) is 0 Å². The van der Waals surface area contributed by atoms with Crippen LogP contribution >= 0.6 is 11.6 Å². The molecule has 90 valence electrons. The topological polar surface area (TPSA) is 62.4 Å². The van der Waals surface area contributed by atoms with Crippen LogP contribution in [0, 0.1) is 5.92 Å². The SMILES string of the molecule is OCC1CCN(c2nnc(CCCl)o2)CC1. The zero-order chi connectivity index (χ0) is 11.4. The molecule has 0 saturated carbocycles. The number of piperidine rings is 1. The first-order chi connectivity index (χ1) is 7.83. The van der Waals surface area contributed by atoms with Gasteiger partial charge in [-0.05, 0) is 18.8 Å². The third-order valence-corrected chi connectivity index (χ3v) is 3.10. The van der Waals surface area contributed by atoms with Crippen LogP contribution in [0.4, 0.5) is 6.01 Å². The maximum atomic E-state index is 9.04. The van der Waals surface area contributed by atoms with E-state index in [1.54, 1.807) is 0 Å². The highest BCUT2D eigenvalue weighted by Crippen LogP contribution is 2.21. The van der Waals surface area contributed by atoms with Crippen LogP contribution in [0.25, 0.3) is 0 Å². The first-order valence-corrected chi connectivity index (χ1v) is 6.11. The minimum Gasteiger partial charge on any atom is -0.408 e. The van der Waals surface area contributed by atoms with Crippen LogP contribution in [0.3, 0.4) is 0 Å². The molecule has 0 radical (unpaired) electrons. The second-order valence-electron chi connectivity index (χ2n) is 4.03. The monoisotopic (exact) mass is 245 g/mol. The molecule has 0 unspecified atom stereocenters. The van der Waals surface area contributed by atoms with Crippen molar-refractivity contribution in [2.24, 2.45) is 5.92 Å². The van der Waals surface area contributed by atoms with E-state index in [1.165, 1.54) is 0 Å². The van der Waals surface area contributed by atoms with Gasteiger partial charge in [-0.2, -0.15) is 0 Å². The van der Waals surface area contributed by atoms with Gasteiger partial charge in [0.15, 0.2) is 0 Å². The molecule has 0 atom stereocenters. The molecule has 1 fully saturated rings. The lowest BCUT2D eigenvalue weighted by molar-refractivity contribution is 0.201. The van der Waals surface area contributed by atoms with Gasteiger partial charge in [0.2, 0.25) is 5.89 Å². The van der Waals surface area contributed by atoms with E-state index in [2.05, 4.69) is 15.1 Å². The molecule has 1 aliphatic rings. The Hall–Kier alpha value is -0.810. The van der Waals surface area contributed by atoms with Gasteiger partial charge in [-0.15, -0.1) is 16.7 Å². The van der Waals surface area contributed by atoms with E-state index >= 15 is 0 Å². The van der Waals surface area contributed by atoms with E-state index in [9.17, 15) is 0 Å². The lowest BCUT2D eigenvalue weighted by Gasteiger charge is -2.29. The van der Waals surface area contributed by atoms with E-state index in [1.807, 2.05) is 0 Å². The van der Waals surface area contributed by atoms with Crippen molar-refractivity contribution in [1.29, 1.82) is 0 Å². The summed E-state index contributed by atoms with van der Waals surface area (Å²) in [6, 6.07) is 0.580. The number of aliphatic hydroxyl groups excluding tert-OH is 1. The van der Waals surface area contributed by atoms with E-state index < -0.39 is 0 Å². The molecular weight excluding hydrogens is 230 g/mol. The molecule has 1 aromatic rings. The van der Waals surface area contributed by atoms with Crippen molar-refractivity contribution < 1.29 is 9.52 Å². The first-order valence-electron chi connectivity index (χ1n) is 5.57. The summed E-state index contributed by atoms with van der Waals surface area (Å²) in [5, 5.41) is 17.0. The fourth-order valence-electron chi connectivity index (χ4n) is 1.86. The minimum atomic E-state index is 0.273. The summed E-state index contributed by atoms with van der Waals surface area (Å²) in [6.45, 7) is 2.01. The number of rotatable bonds is 4. The first kappa shape index (κ1) is 11.7. The summed E-state index contributed by atoms with van der Waals surface area (Å²) >= 11 is 5.60. The molecule has 0 bridgehead atoms. The van der Waals surface area contributed by atoms with Crippen LogP contribution in [0.15, 0.2) is 4.42 Å². The summed E-state index contributed by atoms with van der Waals surface area (Å²) in [6.07, 6.45) is 2.56. The van der Waals surface area contributed by atoms with Crippen molar-refractivity contribution in [3.63, 3.8) is 0 Å².